The highest BCUT2D eigenvalue weighted by atomic mass is 32.2. The Morgan fingerprint density at radius 2 is 2.10 bits per heavy atom. The number of pyridine rings is 1. The summed E-state index contributed by atoms with van der Waals surface area (Å²) < 4.78 is 0. The van der Waals surface area contributed by atoms with Crippen molar-refractivity contribution in [2.24, 2.45) is 5.73 Å². The van der Waals surface area contributed by atoms with Crippen molar-refractivity contribution in [1.29, 1.82) is 0 Å². The fourth-order valence-electron chi connectivity index (χ4n) is 3.18. The zero-order valence-corrected chi connectivity index (χ0v) is 13.3. The molecule has 2 nitrogen and oxygen atoms in total. The lowest BCUT2D eigenvalue weighted by molar-refractivity contribution is 0.462. The zero-order chi connectivity index (χ0) is 14.7. The van der Waals surface area contributed by atoms with Crippen molar-refractivity contribution in [1.82, 2.24) is 4.98 Å². The molecule has 2 unspecified atom stereocenters. The molecule has 1 heterocycles. The van der Waals surface area contributed by atoms with Crippen LogP contribution in [0.2, 0.25) is 0 Å². The van der Waals surface area contributed by atoms with Crippen molar-refractivity contribution in [3.8, 4) is 0 Å². The minimum atomic E-state index is 0.0413. The van der Waals surface area contributed by atoms with Gasteiger partial charge < -0.3 is 5.73 Å². The number of hydrogen-bond donors (Lipinski definition) is 1. The summed E-state index contributed by atoms with van der Waals surface area (Å²) in [7, 11) is 0. The molecule has 0 bridgehead atoms. The summed E-state index contributed by atoms with van der Waals surface area (Å²) in [6, 6.07) is 13.0. The monoisotopic (exact) mass is 298 g/mol. The first-order valence-electron chi connectivity index (χ1n) is 7.71. The molecule has 3 heteroatoms. The molecule has 2 aromatic rings. The summed E-state index contributed by atoms with van der Waals surface area (Å²) in [5.74, 6) is 1.45. The van der Waals surface area contributed by atoms with Gasteiger partial charge in [0.15, 0.2) is 0 Å². The van der Waals surface area contributed by atoms with Crippen molar-refractivity contribution in [3.63, 3.8) is 0 Å². The Bertz CT molecular complexity index is 594. The molecule has 1 aromatic heterocycles. The Morgan fingerprint density at radius 1 is 1.29 bits per heavy atom. The minimum absolute atomic E-state index is 0.0413. The van der Waals surface area contributed by atoms with E-state index in [9.17, 15) is 0 Å². The number of fused-ring (bicyclic) bond motifs is 1. The summed E-state index contributed by atoms with van der Waals surface area (Å²) in [6.45, 7) is 2.18. The summed E-state index contributed by atoms with van der Waals surface area (Å²) in [5, 5.41) is 0. The molecule has 21 heavy (non-hydrogen) atoms. The van der Waals surface area contributed by atoms with E-state index in [1.165, 1.54) is 28.1 Å². The molecule has 3 rings (SSSR count). The van der Waals surface area contributed by atoms with Gasteiger partial charge in [0.05, 0.1) is 0 Å². The summed E-state index contributed by atoms with van der Waals surface area (Å²) in [5.41, 5.74) is 10.4. The lowest BCUT2D eigenvalue weighted by Gasteiger charge is -2.29. The molecule has 0 radical (unpaired) electrons. The normalized spacial score (nSPS) is 19.0. The maximum Gasteiger partial charge on any atom is 0.0485 e. The van der Waals surface area contributed by atoms with Crippen LogP contribution in [0.5, 0.6) is 0 Å². The third kappa shape index (κ3) is 3.14. The maximum absolute atomic E-state index is 6.56. The smallest absolute Gasteiger partial charge is 0.0485 e. The fraction of sp³-hybridized carbons (Fsp3) is 0.389. The summed E-state index contributed by atoms with van der Waals surface area (Å²) >= 11 is 1.87. The zero-order valence-electron chi connectivity index (χ0n) is 12.5. The van der Waals surface area contributed by atoms with Crippen molar-refractivity contribution in [2.75, 3.05) is 5.75 Å². The molecule has 1 aliphatic rings. The number of benzene rings is 1. The molecule has 2 N–H and O–H groups in total. The Kier molecular flexibility index (Phi) is 4.61. The van der Waals surface area contributed by atoms with Crippen LogP contribution in [0.25, 0.3) is 0 Å². The third-order valence-electron chi connectivity index (χ3n) is 4.25. The van der Waals surface area contributed by atoms with Crippen LogP contribution < -0.4 is 5.73 Å². The van der Waals surface area contributed by atoms with Crippen LogP contribution in [0.1, 0.15) is 48.5 Å². The predicted molar refractivity (Wildman–Crippen MR) is 89.7 cm³/mol. The van der Waals surface area contributed by atoms with E-state index < -0.39 is 0 Å². The number of thioether (sulfide) groups is 1. The second kappa shape index (κ2) is 6.63. The van der Waals surface area contributed by atoms with Gasteiger partial charge in [0.25, 0.3) is 0 Å². The highest BCUT2D eigenvalue weighted by Gasteiger charge is 2.27. The van der Waals surface area contributed by atoms with Crippen LogP contribution >= 0.6 is 11.8 Å². The minimum Gasteiger partial charge on any atom is -0.323 e. The number of nitrogens with zero attached hydrogens (tertiary/aromatic N) is 1. The fourth-order valence-corrected chi connectivity index (χ4v) is 3.84. The quantitative estimate of drug-likeness (QED) is 0.855. The first kappa shape index (κ1) is 14.6. The molecule has 0 saturated heterocycles. The highest BCUT2D eigenvalue weighted by Crippen LogP contribution is 2.38. The van der Waals surface area contributed by atoms with Gasteiger partial charge in [0.2, 0.25) is 0 Å². The van der Waals surface area contributed by atoms with Crippen LogP contribution in [-0.2, 0) is 6.42 Å². The maximum atomic E-state index is 6.56. The molecule has 110 valence electrons. The van der Waals surface area contributed by atoms with Crippen LogP contribution in [0.3, 0.4) is 0 Å². The Hall–Kier alpha value is -1.32. The van der Waals surface area contributed by atoms with E-state index in [1.54, 1.807) is 0 Å². The molecule has 2 atom stereocenters. The van der Waals surface area contributed by atoms with E-state index in [2.05, 4.69) is 42.2 Å². The molecule has 1 aromatic carbocycles. The van der Waals surface area contributed by atoms with E-state index in [4.69, 9.17) is 5.73 Å². The van der Waals surface area contributed by atoms with Crippen LogP contribution in [0, 0.1) is 0 Å². The Morgan fingerprint density at radius 3 is 2.86 bits per heavy atom. The topological polar surface area (TPSA) is 38.9 Å². The van der Waals surface area contributed by atoms with Gasteiger partial charge in [-0.1, -0.05) is 25.1 Å². The van der Waals surface area contributed by atoms with Crippen LogP contribution in [0.4, 0.5) is 0 Å². The SMILES string of the molecule is CCSc1ccc(C(N)C2CCCc3cccnc32)cc1. The first-order valence-corrected chi connectivity index (χ1v) is 8.70. The second-order valence-electron chi connectivity index (χ2n) is 5.57. The third-order valence-corrected chi connectivity index (χ3v) is 5.14. The first-order chi connectivity index (χ1) is 10.3. The number of hydrogen-bond acceptors (Lipinski definition) is 3. The van der Waals surface area contributed by atoms with Gasteiger partial charge in [0.1, 0.15) is 0 Å². The predicted octanol–water partition coefficient (Wildman–Crippen LogP) is 4.31. The number of aromatic nitrogens is 1. The molecule has 0 spiro atoms. The standard InChI is InChI=1S/C18H22N2S/c1-2-21-15-10-8-13(9-11-15)17(19)16-7-3-5-14-6-4-12-20-18(14)16/h4,6,8-12,16-17H,2-3,5,7,19H2,1H3. The van der Waals surface area contributed by atoms with Crippen molar-refractivity contribution >= 4 is 11.8 Å². The van der Waals surface area contributed by atoms with Gasteiger partial charge in [0, 0.05) is 28.7 Å². The average Bonchev–Trinajstić information content (AvgIpc) is 2.55. The molecule has 0 amide bonds. The average molecular weight is 298 g/mol. The second-order valence-corrected chi connectivity index (χ2v) is 6.91. The van der Waals surface area contributed by atoms with E-state index in [-0.39, 0.29) is 6.04 Å². The largest absolute Gasteiger partial charge is 0.323 e. The van der Waals surface area contributed by atoms with Crippen LogP contribution in [-0.4, -0.2) is 10.7 Å². The Balaban J connectivity index is 1.84. The van der Waals surface area contributed by atoms with E-state index >= 15 is 0 Å². The highest BCUT2D eigenvalue weighted by molar-refractivity contribution is 7.99. The van der Waals surface area contributed by atoms with E-state index in [0.29, 0.717) is 5.92 Å². The lowest BCUT2D eigenvalue weighted by atomic mass is 9.80. The van der Waals surface area contributed by atoms with Gasteiger partial charge in [-0.15, -0.1) is 11.8 Å². The van der Waals surface area contributed by atoms with Crippen molar-refractivity contribution in [2.45, 2.75) is 43.0 Å². The van der Waals surface area contributed by atoms with Gasteiger partial charge in [-0.25, -0.2) is 0 Å². The van der Waals surface area contributed by atoms with E-state index in [0.717, 1.165) is 18.6 Å². The summed E-state index contributed by atoms with van der Waals surface area (Å²) in [6.07, 6.45) is 5.38. The summed E-state index contributed by atoms with van der Waals surface area (Å²) in [4.78, 5) is 5.93. The molecule has 0 fully saturated rings. The van der Waals surface area contributed by atoms with Gasteiger partial charge in [-0.3, -0.25) is 4.98 Å². The van der Waals surface area contributed by atoms with Gasteiger partial charge >= 0.3 is 0 Å². The van der Waals surface area contributed by atoms with Crippen molar-refractivity contribution in [3.05, 3.63) is 59.4 Å². The molecular formula is C18H22N2S. The van der Waals surface area contributed by atoms with Crippen molar-refractivity contribution < 1.29 is 0 Å². The van der Waals surface area contributed by atoms with Gasteiger partial charge in [-0.05, 0) is 54.3 Å². The van der Waals surface area contributed by atoms with Gasteiger partial charge in [-0.2, -0.15) is 0 Å². The number of aryl methyl sites for hydroxylation is 1. The number of rotatable bonds is 4. The lowest BCUT2D eigenvalue weighted by Crippen LogP contribution is -2.24. The Labute approximate surface area is 131 Å². The van der Waals surface area contributed by atoms with Crippen LogP contribution in [0.15, 0.2) is 47.5 Å². The van der Waals surface area contributed by atoms with E-state index in [1.807, 2.05) is 24.0 Å². The molecule has 1 aliphatic carbocycles. The molecule has 0 aliphatic heterocycles. The number of nitrogens with two attached hydrogens (primary N) is 1. The molecular weight excluding hydrogens is 276 g/mol. The molecule has 0 saturated carbocycles.